The fraction of sp³-hybridized carbons (Fsp3) is 0.400. The van der Waals surface area contributed by atoms with E-state index >= 15 is 0 Å². The summed E-state index contributed by atoms with van der Waals surface area (Å²) in [6.07, 6.45) is 1.69. The standard InChI is InChI=1S/C20H23ClN4OS/c1-13-14(2)27-20-18(13)19(22-12-23-20)25-8-6-24(7-9-25)11-15-10-16(21)4-5-17(15)26-3/h4-5,10,12H,6-9,11H2,1-3H3. The Morgan fingerprint density at radius 3 is 2.67 bits per heavy atom. The highest BCUT2D eigenvalue weighted by molar-refractivity contribution is 7.18. The molecule has 3 aromatic rings. The van der Waals surface area contributed by atoms with Crippen molar-refractivity contribution in [3.63, 3.8) is 0 Å². The molecule has 1 aromatic carbocycles. The fourth-order valence-corrected chi connectivity index (χ4v) is 4.82. The van der Waals surface area contributed by atoms with E-state index in [-0.39, 0.29) is 0 Å². The van der Waals surface area contributed by atoms with Gasteiger partial charge in [0, 0.05) is 48.2 Å². The summed E-state index contributed by atoms with van der Waals surface area (Å²) in [6, 6.07) is 5.80. The molecule has 0 amide bonds. The van der Waals surface area contributed by atoms with Gasteiger partial charge >= 0.3 is 0 Å². The van der Waals surface area contributed by atoms with E-state index in [9.17, 15) is 0 Å². The molecule has 0 radical (unpaired) electrons. The number of methoxy groups -OCH3 is 1. The van der Waals surface area contributed by atoms with Crippen LogP contribution < -0.4 is 9.64 Å². The van der Waals surface area contributed by atoms with Crippen LogP contribution >= 0.6 is 22.9 Å². The summed E-state index contributed by atoms with van der Waals surface area (Å²) in [4.78, 5) is 16.3. The molecule has 3 heterocycles. The molecule has 1 aliphatic heterocycles. The van der Waals surface area contributed by atoms with Crippen molar-refractivity contribution in [2.75, 3.05) is 38.2 Å². The van der Waals surface area contributed by atoms with Gasteiger partial charge in [0.1, 0.15) is 22.7 Å². The summed E-state index contributed by atoms with van der Waals surface area (Å²) < 4.78 is 5.48. The Morgan fingerprint density at radius 2 is 1.93 bits per heavy atom. The lowest BCUT2D eigenvalue weighted by atomic mass is 10.1. The van der Waals surface area contributed by atoms with Crippen LogP contribution in [0.3, 0.4) is 0 Å². The minimum atomic E-state index is 0.746. The normalized spacial score (nSPS) is 15.5. The predicted octanol–water partition coefficient (Wildman–Crippen LogP) is 4.29. The molecule has 0 bridgehead atoms. The fourth-order valence-electron chi connectivity index (χ4n) is 3.63. The van der Waals surface area contributed by atoms with E-state index in [2.05, 4.69) is 33.6 Å². The molecule has 142 valence electrons. The third-order valence-corrected chi connectivity index (χ3v) is 6.60. The van der Waals surface area contributed by atoms with E-state index < -0.39 is 0 Å². The molecular weight excluding hydrogens is 380 g/mol. The smallest absolute Gasteiger partial charge is 0.141 e. The summed E-state index contributed by atoms with van der Waals surface area (Å²) in [5, 5.41) is 1.96. The Morgan fingerprint density at radius 1 is 1.15 bits per heavy atom. The number of fused-ring (bicyclic) bond motifs is 1. The second-order valence-electron chi connectivity index (χ2n) is 6.88. The molecule has 1 fully saturated rings. The number of benzene rings is 1. The highest BCUT2D eigenvalue weighted by Gasteiger charge is 2.22. The van der Waals surface area contributed by atoms with E-state index in [0.717, 1.165) is 59.7 Å². The van der Waals surface area contributed by atoms with Gasteiger partial charge in [0.05, 0.1) is 12.5 Å². The van der Waals surface area contributed by atoms with Gasteiger partial charge in [-0.3, -0.25) is 4.90 Å². The van der Waals surface area contributed by atoms with Crippen LogP contribution in [0.25, 0.3) is 10.2 Å². The van der Waals surface area contributed by atoms with Crippen molar-refractivity contribution in [1.82, 2.24) is 14.9 Å². The molecule has 0 N–H and O–H groups in total. The number of anilines is 1. The third-order valence-electron chi connectivity index (χ3n) is 5.25. The molecule has 27 heavy (non-hydrogen) atoms. The summed E-state index contributed by atoms with van der Waals surface area (Å²) in [7, 11) is 1.70. The number of halogens is 1. The SMILES string of the molecule is COc1ccc(Cl)cc1CN1CCN(c2ncnc3sc(C)c(C)c23)CC1. The number of piperazine rings is 1. The number of hydrogen-bond acceptors (Lipinski definition) is 6. The number of aryl methyl sites for hydroxylation is 2. The number of thiophene rings is 1. The molecular formula is C20H23ClN4OS. The van der Waals surface area contributed by atoms with Gasteiger partial charge in [-0.05, 0) is 37.6 Å². The lowest BCUT2D eigenvalue weighted by molar-refractivity contribution is 0.246. The zero-order chi connectivity index (χ0) is 19.0. The lowest BCUT2D eigenvalue weighted by Gasteiger charge is -2.35. The number of aromatic nitrogens is 2. The van der Waals surface area contributed by atoms with Crippen molar-refractivity contribution in [3.05, 3.63) is 45.6 Å². The molecule has 1 saturated heterocycles. The largest absolute Gasteiger partial charge is 0.496 e. The van der Waals surface area contributed by atoms with Gasteiger partial charge < -0.3 is 9.64 Å². The summed E-state index contributed by atoms with van der Waals surface area (Å²) in [5.41, 5.74) is 2.43. The Balaban J connectivity index is 1.49. The number of rotatable bonds is 4. The van der Waals surface area contributed by atoms with Gasteiger partial charge in [0.2, 0.25) is 0 Å². The average Bonchev–Trinajstić information content (AvgIpc) is 2.97. The predicted molar refractivity (Wildman–Crippen MR) is 112 cm³/mol. The first-order valence-electron chi connectivity index (χ1n) is 9.07. The van der Waals surface area contributed by atoms with Gasteiger partial charge in [0.25, 0.3) is 0 Å². The molecule has 0 saturated carbocycles. The molecule has 2 aromatic heterocycles. The molecule has 1 aliphatic rings. The van der Waals surface area contributed by atoms with Gasteiger partial charge in [-0.1, -0.05) is 11.6 Å². The number of ether oxygens (including phenoxy) is 1. The minimum absolute atomic E-state index is 0.746. The Kier molecular flexibility index (Phi) is 5.21. The maximum absolute atomic E-state index is 6.17. The van der Waals surface area contributed by atoms with Crippen LogP contribution in [0.4, 0.5) is 5.82 Å². The zero-order valence-electron chi connectivity index (χ0n) is 15.8. The molecule has 0 atom stereocenters. The zero-order valence-corrected chi connectivity index (χ0v) is 17.4. The van der Waals surface area contributed by atoms with Crippen LogP contribution in [0.15, 0.2) is 24.5 Å². The topological polar surface area (TPSA) is 41.5 Å². The highest BCUT2D eigenvalue weighted by atomic mass is 35.5. The van der Waals surface area contributed by atoms with Crippen molar-refractivity contribution in [3.8, 4) is 5.75 Å². The molecule has 0 spiro atoms. The van der Waals surface area contributed by atoms with Crippen LogP contribution in [0.1, 0.15) is 16.0 Å². The van der Waals surface area contributed by atoms with Crippen LogP contribution in [0.2, 0.25) is 5.02 Å². The lowest BCUT2D eigenvalue weighted by Crippen LogP contribution is -2.46. The van der Waals surface area contributed by atoms with Crippen LogP contribution in [0, 0.1) is 13.8 Å². The van der Waals surface area contributed by atoms with Crippen molar-refractivity contribution in [2.24, 2.45) is 0 Å². The van der Waals surface area contributed by atoms with Crippen molar-refractivity contribution < 1.29 is 4.74 Å². The Bertz CT molecular complexity index is 966. The second-order valence-corrected chi connectivity index (χ2v) is 8.52. The van der Waals surface area contributed by atoms with Crippen molar-refractivity contribution in [1.29, 1.82) is 0 Å². The van der Waals surface area contributed by atoms with Gasteiger partial charge in [-0.15, -0.1) is 11.3 Å². The second kappa shape index (κ2) is 7.62. The van der Waals surface area contributed by atoms with Crippen LogP contribution in [-0.4, -0.2) is 48.2 Å². The molecule has 0 aliphatic carbocycles. The summed E-state index contributed by atoms with van der Waals surface area (Å²) in [6.45, 7) is 9.01. The first kappa shape index (κ1) is 18.5. The first-order valence-corrected chi connectivity index (χ1v) is 10.3. The van der Waals surface area contributed by atoms with Crippen molar-refractivity contribution in [2.45, 2.75) is 20.4 Å². The van der Waals surface area contributed by atoms with E-state index in [1.807, 2.05) is 18.2 Å². The quantitative estimate of drug-likeness (QED) is 0.651. The third kappa shape index (κ3) is 3.61. The summed E-state index contributed by atoms with van der Waals surface area (Å²) >= 11 is 7.92. The van der Waals surface area contributed by atoms with Gasteiger partial charge in [0.15, 0.2) is 0 Å². The molecule has 5 nitrogen and oxygen atoms in total. The monoisotopic (exact) mass is 402 g/mol. The molecule has 4 rings (SSSR count). The van der Waals surface area contributed by atoms with E-state index in [0.29, 0.717) is 0 Å². The Hall–Kier alpha value is -1.89. The molecule has 7 heteroatoms. The minimum Gasteiger partial charge on any atom is -0.496 e. The van der Waals surface area contributed by atoms with E-state index in [1.54, 1.807) is 24.8 Å². The maximum Gasteiger partial charge on any atom is 0.141 e. The van der Waals surface area contributed by atoms with Crippen LogP contribution in [-0.2, 0) is 6.54 Å². The average molecular weight is 403 g/mol. The van der Waals surface area contributed by atoms with Crippen LogP contribution in [0.5, 0.6) is 5.75 Å². The van der Waals surface area contributed by atoms with Gasteiger partial charge in [-0.25, -0.2) is 9.97 Å². The Labute approximate surface area is 168 Å². The van der Waals surface area contributed by atoms with Crippen molar-refractivity contribution >= 4 is 39.0 Å². The molecule has 0 unspecified atom stereocenters. The first-order chi connectivity index (χ1) is 13.1. The number of hydrogen-bond donors (Lipinski definition) is 0. The highest BCUT2D eigenvalue weighted by Crippen LogP contribution is 2.34. The van der Waals surface area contributed by atoms with E-state index in [1.165, 1.54) is 15.8 Å². The van der Waals surface area contributed by atoms with Gasteiger partial charge in [-0.2, -0.15) is 0 Å². The summed E-state index contributed by atoms with van der Waals surface area (Å²) in [5.74, 6) is 1.96. The number of nitrogens with zero attached hydrogens (tertiary/aromatic N) is 4. The van der Waals surface area contributed by atoms with E-state index in [4.69, 9.17) is 16.3 Å². The maximum atomic E-state index is 6.17.